The van der Waals surface area contributed by atoms with Gasteiger partial charge in [-0.25, -0.2) is 0 Å². The van der Waals surface area contributed by atoms with E-state index in [2.05, 4.69) is 10.6 Å². The Morgan fingerprint density at radius 1 is 1.00 bits per heavy atom. The summed E-state index contributed by atoms with van der Waals surface area (Å²) in [6.45, 7) is 0. The van der Waals surface area contributed by atoms with Crippen molar-refractivity contribution in [2.45, 2.75) is 44.6 Å². The molecule has 0 atom stereocenters. The number of imide groups is 1. The highest BCUT2D eigenvalue weighted by Gasteiger charge is 2.29. The van der Waals surface area contributed by atoms with Gasteiger partial charge in [-0.05, 0) is 25.0 Å². The molecule has 100 valence electrons. The first-order chi connectivity index (χ1) is 9.25. The van der Waals surface area contributed by atoms with Crippen LogP contribution in [0.5, 0.6) is 0 Å². The van der Waals surface area contributed by atoms with Crippen molar-refractivity contribution >= 4 is 17.5 Å². The molecule has 1 fully saturated rings. The molecule has 4 nitrogen and oxygen atoms in total. The van der Waals surface area contributed by atoms with Gasteiger partial charge in [0.15, 0.2) is 0 Å². The number of nitrogens with one attached hydrogen (secondary N) is 2. The maximum absolute atomic E-state index is 11.8. The maximum atomic E-state index is 11.8. The van der Waals surface area contributed by atoms with Gasteiger partial charge in [-0.3, -0.25) is 14.9 Å². The Bertz CT molecular complexity index is 517. The monoisotopic (exact) mass is 258 g/mol. The summed E-state index contributed by atoms with van der Waals surface area (Å²) in [4.78, 5) is 23.5. The zero-order valence-corrected chi connectivity index (χ0v) is 10.9. The van der Waals surface area contributed by atoms with Gasteiger partial charge in [0.2, 0.25) is 0 Å². The maximum Gasteiger partial charge on any atom is 0.261 e. The molecule has 1 heterocycles. The number of fused-ring (bicyclic) bond motifs is 1. The fourth-order valence-corrected chi connectivity index (χ4v) is 2.98. The van der Waals surface area contributed by atoms with Crippen molar-refractivity contribution in [3.8, 4) is 0 Å². The van der Waals surface area contributed by atoms with Gasteiger partial charge < -0.3 is 5.32 Å². The summed E-state index contributed by atoms with van der Waals surface area (Å²) in [5.74, 6) is -0.568. The molecule has 0 spiro atoms. The second-order valence-electron chi connectivity index (χ2n) is 5.34. The quantitative estimate of drug-likeness (QED) is 0.633. The van der Waals surface area contributed by atoms with Crippen LogP contribution in [0.15, 0.2) is 18.2 Å². The minimum Gasteiger partial charge on any atom is -0.382 e. The Morgan fingerprint density at radius 2 is 1.74 bits per heavy atom. The van der Waals surface area contributed by atoms with Crippen LogP contribution in [0.4, 0.5) is 5.69 Å². The summed E-state index contributed by atoms with van der Waals surface area (Å²) >= 11 is 0. The summed E-state index contributed by atoms with van der Waals surface area (Å²) in [7, 11) is 0. The third-order valence-corrected chi connectivity index (χ3v) is 3.98. The third-order valence-electron chi connectivity index (χ3n) is 3.98. The number of anilines is 1. The van der Waals surface area contributed by atoms with Crippen LogP contribution in [0.25, 0.3) is 0 Å². The van der Waals surface area contributed by atoms with E-state index < -0.39 is 0 Å². The first kappa shape index (κ1) is 12.2. The third kappa shape index (κ3) is 2.35. The predicted molar refractivity (Wildman–Crippen MR) is 73.4 cm³/mol. The van der Waals surface area contributed by atoms with E-state index in [1.165, 1.54) is 25.7 Å². The number of carbonyl (C=O) groups excluding carboxylic acids is 2. The first-order valence-corrected chi connectivity index (χ1v) is 7.01. The van der Waals surface area contributed by atoms with Crippen molar-refractivity contribution in [3.05, 3.63) is 29.3 Å². The van der Waals surface area contributed by atoms with Crippen molar-refractivity contribution in [3.63, 3.8) is 0 Å². The highest BCUT2D eigenvalue weighted by atomic mass is 16.2. The van der Waals surface area contributed by atoms with Gasteiger partial charge in [-0.1, -0.05) is 31.7 Å². The number of rotatable bonds is 2. The Balaban J connectivity index is 1.85. The van der Waals surface area contributed by atoms with Crippen LogP contribution in [0.3, 0.4) is 0 Å². The number of carbonyl (C=O) groups is 2. The lowest BCUT2D eigenvalue weighted by Crippen LogP contribution is -2.22. The highest BCUT2D eigenvalue weighted by molar-refractivity contribution is 6.23. The Hall–Kier alpha value is -1.84. The highest BCUT2D eigenvalue weighted by Crippen LogP contribution is 2.27. The molecule has 1 aliphatic carbocycles. The van der Waals surface area contributed by atoms with Gasteiger partial charge in [0.05, 0.1) is 11.1 Å². The van der Waals surface area contributed by atoms with E-state index in [0.29, 0.717) is 17.2 Å². The summed E-state index contributed by atoms with van der Waals surface area (Å²) in [6.07, 6.45) is 7.34. The average Bonchev–Trinajstić information content (AvgIpc) is 2.59. The van der Waals surface area contributed by atoms with Crippen LogP contribution in [0.2, 0.25) is 0 Å². The molecule has 1 saturated carbocycles. The van der Waals surface area contributed by atoms with E-state index >= 15 is 0 Å². The molecule has 1 aromatic carbocycles. The Labute approximate surface area is 112 Å². The SMILES string of the molecule is O=C1NC(=O)c2c(NC3CCCCCC3)cccc21. The van der Waals surface area contributed by atoms with Crippen molar-refractivity contribution in [1.82, 2.24) is 5.32 Å². The van der Waals surface area contributed by atoms with Gasteiger partial charge in [0, 0.05) is 11.7 Å². The fourth-order valence-electron chi connectivity index (χ4n) is 2.98. The van der Waals surface area contributed by atoms with Gasteiger partial charge >= 0.3 is 0 Å². The molecule has 0 radical (unpaired) electrons. The predicted octanol–water partition coefficient (Wildman–Crippen LogP) is 2.70. The summed E-state index contributed by atoms with van der Waals surface area (Å²) in [6, 6.07) is 5.84. The van der Waals surface area contributed by atoms with Crippen molar-refractivity contribution in [1.29, 1.82) is 0 Å². The number of hydrogen-bond donors (Lipinski definition) is 2. The molecule has 0 aromatic heterocycles. The molecule has 1 aliphatic heterocycles. The van der Waals surface area contributed by atoms with Crippen LogP contribution in [0.1, 0.15) is 59.2 Å². The molecule has 0 bridgehead atoms. The van der Waals surface area contributed by atoms with Gasteiger partial charge in [0.1, 0.15) is 0 Å². The van der Waals surface area contributed by atoms with E-state index in [1.807, 2.05) is 12.1 Å². The summed E-state index contributed by atoms with van der Waals surface area (Å²) in [5, 5.41) is 5.81. The van der Waals surface area contributed by atoms with Crippen molar-refractivity contribution in [2.75, 3.05) is 5.32 Å². The normalized spacial score (nSPS) is 19.8. The molecule has 0 unspecified atom stereocenters. The van der Waals surface area contributed by atoms with Gasteiger partial charge in [-0.15, -0.1) is 0 Å². The lowest BCUT2D eigenvalue weighted by molar-refractivity contribution is 0.0880. The van der Waals surface area contributed by atoms with Crippen molar-refractivity contribution in [2.24, 2.45) is 0 Å². The van der Waals surface area contributed by atoms with Crippen LogP contribution in [-0.2, 0) is 0 Å². The second-order valence-corrected chi connectivity index (χ2v) is 5.34. The van der Waals surface area contributed by atoms with E-state index in [0.717, 1.165) is 18.5 Å². The largest absolute Gasteiger partial charge is 0.382 e. The number of hydrogen-bond acceptors (Lipinski definition) is 3. The summed E-state index contributed by atoms with van der Waals surface area (Å²) in [5.41, 5.74) is 1.80. The molecule has 3 rings (SSSR count). The van der Waals surface area contributed by atoms with Gasteiger partial charge in [0.25, 0.3) is 11.8 Å². The molecule has 19 heavy (non-hydrogen) atoms. The average molecular weight is 258 g/mol. The zero-order valence-electron chi connectivity index (χ0n) is 10.9. The molecule has 4 heteroatoms. The number of amides is 2. The lowest BCUT2D eigenvalue weighted by atomic mass is 10.0. The molecular formula is C15H18N2O2. The van der Waals surface area contributed by atoms with E-state index in [-0.39, 0.29) is 11.8 Å². The Morgan fingerprint density at radius 3 is 2.47 bits per heavy atom. The summed E-state index contributed by atoms with van der Waals surface area (Å²) < 4.78 is 0. The Kier molecular flexibility index (Phi) is 3.23. The molecular weight excluding hydrogens is 240 g/mol. The van der Waals surface area contributed by atoms with Gasteiger partial charge in [-0.2, -0.15) is 0 Å². The first-order valence-electron chi connectivity index (χ1n) is 7.01. The van der Waals surface area contributed by atoms with Crippen LogP contribution < -0.4 is 10.6 Å². The number of benzene rings is 1. The second kappa shape index (κ2) is 5.03. The van der Waals surface area contributed by atoms with E-state index in [4.69, 9.17) is 0 Å². The minimum atomic E-state index is -0.287. The topological polar surface area (TPSA) is 58.2 Å². The van der Waals surface area contributed by atoms with Crippen LogP contribution in [-0.4, -0.2) is 17.9 Å². The molecule has 2 aliphatic rings. The fraction of sp³-hybridized carbons (Fsp3) is 0.467. The van der Waals surface area contributed by atoms with E-state index in [9.17, 15) is 9.59 Å². The molecule has 2 N–H and O–H groups in total. The zero-order chi connectivity index (χ0) is 13.2. The van der Waals surface area contributed by atoms with Crippen molar-refractivity contribution < 1.29 is 9.59 Å². The standard InChI is InChI=1S/C15H18N2O2/c18-14-11-8-5-9-12(13(11)15(19)17-14)16-10-6-3-1-2-4-7-10/h5,8-10,16H,1-4,6-7H2,(H,17,18,19). The minimum absolute atomic E-state index is 0.281. The molecule has 0 saturated heterocycles. The molecule has 1 aromatic rings. The lowest BCUT2D eigenvalue weighted by Gasteiger charge is -2.19. The smallest absolute Gasteiger partial charge is 0.261 e. The van der Waals surface area contributed by atoms with Crippen LogP contribution >= 0.6 is 0 Å². The van der Waals surface area contributed by atoms with E-state index in [1.54, 1.807) is 6.07 Å². The van der Waals surface area contributed by atoms with Crippen LogP contribution in [0, 0.1) is 0 Å². The molecule has 2 amide bonds.